The number of imide groups is 1. The van der Waals surface area contributed by atoms with Crippen LogP contribution in [0.4, 0.5) is 4.79 Å². The van der Waals surface area contributed by atoms with Crippen LogP contribution in [-0.2, 0) is 4.79 Å². The van der Waals surface area contributed by atoms with Gasteiger partial charge in [-0.25, -0.2) is 9.59 Å². The number of alkyl halides is 2. The Morgan fingerprint density at radius 2 is 2.05 bits per heavy atom. The van der Waals surface area contributed by atoms with E-state index in [0.717, 1.165) is 0 Å². The first-order valence-corrected chi connectivity index (χ1v) is 7.04. The van der Waals surface area contributed by atoms with Crippen molar-refractivity contribution in [1.29, 1.82) is 0 Å². The molecule has 0 saturated carbocycles. The standard InChI is InChI=1S/C6H6N2O2.C4H4BrIN2O2/c1-2-8-4-3-5(9)7-6(8)10;5-4(6)1-7-3(10)8-2(4)9/h2-4H,1H2,(H,7,9,10);1H2,(H2,7,8,9,10). The summed E-state index contributed by atoms with van der Waals surface area (Å²) in [5.74, 6) is -0.308. The van der Waals surface area contributed by atoms with Gasteiger partial charge in [0, 0.05) is 18.5 Å². The summed E-state index contributed by atoms with van der Waals surface area (Å²) < 4.78 is 0.500. The summed E-state index contributed by atoms with van der Waals surface area (Å²) in [5.41, 5.74) is -0.870. The van der Waals surface area contributed by atoms with E-state index < -0.39 is 19.6 Å². The van der Waals surface area contributed by atoms with E-state index in [1.807, 2.05) is 22.6 Å². The molecule has 0 aliphatic carbocycles. The Bertz CT molecular complexity index is 651. The maximum atomic E-state index is 10.9. The van der Waals surface area contributed by atoms with Crippen molar-refractivity contribution in [2.75, 3.05) is 6.54 Å². The highest BCUT2D eigenvalue weighted by atomic mass is 127. The summed E-state index contributed by atoms with van der Waals surface area (Å²) in [5, 5.41) is 4.60. The highest BCUT2D eigenvalue weighted by Gasteiger charge is 2.37. The third-order valence-corrected chi connectivity index (χ3v) is 3.59. The van der Waals surface area contributed by atoms with Gasteiger partial charge in [0.2, 0.25) is 0 Å². The second-order valence-corrected chi connectivity index (χ2v) is 8.22. The van der Waals surface area contributed by atoms with Gasteiger partial charge in [-0.15, -0.1) is 0 Å². The zero-order valence-corrected chi connectivity index (χ0v) is 13.7. The molecule has 1 atom stereocenters. The Morgan fingerprint density at radius 1 is 1.40 bits per heavy atom. The average Bonchev–Trinajstić information content (AvgIpc) is 2.36. The fraction of sp³-hybridized carbons (Fsp3) is 0.200. The number of nitrogens with zero attached hydrogens (tertiary/aromatic N) is 1. The highest BCUT2D eigenvalue weighted by Crippen LogP contribution is 2.27. The topological polar surface area (TPSA) is 113 Å². The maximum Gasteiger partial charge on any atom is 0.332 e. The van der Waals surface area contributed by atoms with Crippen LogP contribution in [0.5, 0.6) is 0 Å². The number of amides is 3. The largest absolute Gasteiger partial charge is 0.335 e. The molecule has 108 valence electrons. The number of H-pyrrole nitrogens is 1. The van der Waals surface area contributed by atoms with E-state index in [-0.39, 0.29) is 5.91 Å². The zero-order valence-electron chi connectivity index (χ0n) is 9.98. The van der Waals surface area contributed by atoms with Crippen LogP contribution < -0.4 is 21.9 Å². The second kappa shape index (κ2) is 6.83. The minimum absolute atomic E-state index is 0.308. The Balaban J connectivity index is 0.000000200. The summed E-state index contributed by atoms with van der Waals surface area (Å²) in [7, 11) is 0. The molecule has 1 aromatic heterocycles. The molecule has 2 heterocycles. The molecule has 0 bridgehead atoms. The second-order valence-electron chi connectivity index (χ2n) is 3.54. The van der Waals surface area contributed by atoms with E-state index in [4.69, 9.17) is 0 Å². The Hall–Kier alpha value is -1.43. The minimum Gasteiger partial charge on any atom is -0.335 e. The number of rotatable bonds is 1. The van der Waals surface area contributed by atoms with Crippen LogP contribution >= 0.6 is 38.5 Å². The lowest BCUT2D eigenvalue weighted by Gasteiger charge is -2.24. The molecule has 3 N–H and O–H groups in total. The van der Waals surface area contributed by atoms with Gasteiger partial charge in [-0.1, -0.05) is 45.1 Å². The molecule has 20 heavy (non-hydrogen) atoms. The van der Waals surface area contributed by atoms with Crippen molar-refractivity contribution in [2.24, 2.45) is 0 Å². The molecule has 0 aromatic carbocycles. The molecule has 1 saturated heterocycles. The molecule has 2 rings (SSSR count). The Morgan fingerprint density at radius 3 is 2.50 bits per heavy atom. The molecule has 1 unspecified atom stereocenters. The third kappa shape index (κ3) is 4.59. The van der Waals surface area contributed by atoms with Crippen LogP contribution in [0.1, 0.15) is 0 Å². The van der Waals surface area contributed by atoms with Gasteiger partial charge in [0.25, 0.3) is 11.5 Å². The maximum absolute atomic E-state index is 10.9. The van der Waals surface area contributed by atoms with Crippen LogP contribution in [0.2, 0.25) is 0 Å². The van der Waals surface area contributed by atoms with Gasteiger partial charge in [-0.3, -0.25) is 24.5 Å². The smallest absolute Gasteiger partial charge is 0.332 e. The summed E-state index contributed by atoms with van der Waals surface area (Å²) in [6.45, 7) is 3.68. The predicted molar refractivity (Wildman–Crippen MR) is 84.9 cm³/mol. The minimum atomic E-state index is -0.682. The summed E-state index contributed by atoms with van der Waals surface area (Å²) >= 11 is 5.06. The van der Waals surface area contributed by atoms with Gasteiger partial charge >= 0.3 is 11.7 Å². The fourth-order valence-electron chi connectivity index (χ4n) is 1.08. The molecule has 3 amide bonds. The van der Waals surface area contributed by atoms with Crippen molar-refractivity contribution < 1.29 is 9.59 Å². The number of carbonyl (C=O) groups excluding carboxylic acids is 2. The molecular weight excluding hydrogens is 447 g/mol. The number of halogens is 2. The van der Waals surface area contributed by atoms with Crippen molar-refractivity contribution in [1.82, 2.24) is 20.2 Å². The molecule has 1 aromatic rings. The van der Waals surface area contributed by atoms with E-state index in [2.05, 4.69) is 38.1 Å². The van der Waals surface area contributed by atoms with Gasteiger partial charge < -0.3 is 5.32 Å². The van der Waals surface area contributed by atoms with Gasteiger partial charge in [-0.05, 0) is 0 Å². The molecule has 0 radical (unpaired) electrons. The Labute approximate surface area is 134 Å². The van der Waals surface area contributed by atoms with Crippen molar-refractivity contribution in [2.45, 2.75) is 2.33 Å². The number of urea groups is 1. The van der Waals surface area contributed by atoms with E-state index >= 15 is 0 Å². The molecule has 1 fully saturated rings. The molecular formula is C10H10BrIN4O4. The molecule has 8 nitrogen and oxygen atoms in total. The van der Waals surface area contributed by atoms with Crippen molar-refractivity contribution in [3.63, 3.8) is 0 Å². The molecule has 1 aliphatic rings. The third-order valence-electron chi connectivity index (χ3n) is 2.08. The quantitative estimate of drug-likeness (QED) is 0.407. The van der Waals surface area contributed by atoms with Crippen LogP contribution in [0.15, 0.2) is 28.4 Å². The number of aromatic nitrogens is 2. The number of hydrogen-bond acceptors (Lipinski definition) is 4. The van der Waals surface area contributed by atoms with E-state index in [1.54, 1.807) is 0 Å². The first kappa shape index (κ1) is 16.6. The van der Waals surface area contributed by atoms with Crippen molar-refractivity contribution in [3.8, 4) is 0 Å². The predicted octanol–water partition coefficient (Wildman–Crippen LogP) is -0.0109. The van der Waals surface area contributed by atoms with Crippen molar-refractivity contribution in [3.05, 3.63) is 39.7 Å². The first-order chi connectivity index (χ1) is 9.26. The molecule has 0 spiro atoms. The highest BCUT2D eigenvalue weighted by molar-refractivity contribution is 14.1. The van der Waals surface area contributed by atoms with Crippen LogP contribution in [0.3, 0.4) is 0 Å². The molecule has 1 aliphatic heterocycles. The summed E-state index contributed by atoms with van der Waals surface area (Å²) in [6, 6.07) is 0.819. The fourth-order valence-corrected chi connectivity index (χ4v) is 1.65. The number of aromatic amines is 1. The average molecular weight is 457 g/mol. The van der Waals surface area contributed by atoms with Gasteiger partial charge in [-0.2, -0.15) is 0 Å². The Kier molecular flexibility index (Phi) is 5.68. The van der Waals surface area contributed by atoms with E-state index in [9.17, 15) is 19.2 Å². The SMILES string of the molecule is C=Cn1ccc(=O)[nH]c1=O.O=C1NCC(Br)(I)C(=O)N1. The van der Waals surface area contributed by atoms with E-state index in [1.165, 1.54) is 23.0 Å². The zero-order chi connectivity index (χ0) is 15.3. The summed E-state index contributed by atoms with van der Waals surface area (Å²) in [6.07, 6.45) is 2.67. The number of carbonyl (C=O) groups is 2. The van der Waals surface area contributed by atoms with Crippen molar-refractivity contribution >= 4 is 56.7 Å². The lowest BCUT2D eigenvalue weighted by molar-refractivity contribution is -0.120. The van der Waals surface area contributed by atoms with Crippen LogP contribution in [0, 0.1) is 0 Å². The summed E-state index contributed by atoms with van der Waals surface area (Å²) in [4.78, 5) is 44.6. The van der Waals surface area contributed by atoms with Gasteiger partial charge in [0.15, 0.2) is 2.33 Å². The first-order valence-electron chi connectivity index (χ1n) is 5.17. The number of nitrogens with one attached hydrogen (secondary N) is 3. The number of hydrogen-bond donors (Lipinski definition) is 3. The molecule has 10 heteroatoms. The normalized spacial score (nSPS) is 21.1. The van der Waals surface area contributed by atoms with Gasteiger partial charge in [0.05, 0.1) is 6.54 Å². The lowest BCUT2D eigenvalue weighted by Crippen LogP contribution is -2.57. The van der Waals surface area contributed by atoms with Crippen LogP contribution in [0.25, 0.3) is 6.20 Å². The van der Waals surface area contributed by atoms with E-state index in [0.29, 0.717) is 6.54 Å². The monoisotopic (exact) mass is 456 g/mol. The van der Waals surface area contributed by atoms with Gasteiger partial charge in [0.1, 0.15) is 0 Å². The van der Waals surface area contributed by atoms with Crippen LogP contribution in [-0.4, -0.2) is 30.4 Å². The lowest BCUT2D eigenvalue weighted by atomic mass is 10.3.